The number of hydrogen-bond donors (Lipinski definition) is 1. The molecule has 50 heavy (non-hydrogen) atoms. The average Bonchev–Trinajstić information content (AvgIpc) is 3.09. The van der Waals surface area contributed by atoms with Crippen LogP contribution in [0.15, 0.2) is 146 Å². The second-order valence-electron chi connectivity index (χ2n) is 12.5. The van der Waals surface area contributed by atoms with E-state index in [9.17, 15) is 5.11 Å². The van der Waals surface area contributed by atoms with E-state index in [-0.39, 0.29) is 25.8 Å². The quantitative estimate of drug-likeness (QED) is 0.116. The molecule has 0 spiro atoms. The molecule has 0 aromatic heterocycles. The van der Waals surface area contributed by atoms with Crippen LogP contribution in [0.2, 0.25) is 0 Å². The molecule has 0 saturated heterocycles. The Morgan fingerprint density at radius 1 is 0.580 bits per heavy atom. The Balaban J connectivity index is 0.000000372. The van der Waals surface area contributed by atoms with Gasteiger partial charge in [-0.1, -0.05) is 108 Å². The Morgan fingerprint density at radius 3 is 1.52 bits per heavy atom. The minimum absolute atomic E-state index is 0. The van der Waals surface area contributed by atoms with Crippen molar-refractivity contribution in [3.63, 3.8) is 0 Å². The van der Waals surface area contributed by atoms with Gasteiger partial charge in [-0.15, -0.1) is 36.5 Å². The molecule has 0 aliphatic heterocycles. The monoisotopic (exact) mass is 825 g/mol. The first-order chi connectivity index (χ1) is 23.7. The van der Waals surface area contributed by atoms with E-state index in [0.29, 0.717) is 18.8 Å². The standard InChI is InChI=1S/C32H35N2O.2C7H7.Hf/c1-23-17-25(3)31(26(4)18-23)33-15-16-34(21-27-11-7-5-8-12-27)22-29-19-24(2)20-30(32(29)35)28-13-9-6-10-14-28;2*1-7-5-3-2-4-6-7;/h5-14,17-20,35H,15-16,21-22H2,1-4H3;2*2-6H,1H2;/q3*-1;+4. The average molecular weight is 824 g/mol. The minimum Gasteiger partial charge on any atom is -0.683 e. The van der Waals surface area contributed by atoms with Crippen LogP contribution in [0.25, 0.3) is 16.4 Å². The SMILES string of the molecule is Cc1cc(C)c([N-]CCN(Cc2ccccc2)Cc2cc(C)cc(-c3ccccc3)c2O)c(C)c1.[CH2-]c1ccccc1.[CH2-]c1ccccc1.[Hf+4]. The van der Waals surface area contributed by atoms with Crippen LogP contribution in [0, 0.1) is 41.5 Å². The Labute approximate surface area is 319 Å². The Bertz CT molecular complexity index is 1780. The maximum atomic E-state index is 11.2. The second kappa shape index (κ2) is 20.9. The van der Waals surface area contributed by atoms with Crippen LogP contribution in [0.4, 0.5) is 5.69 Å². The van der Waals surface area contributed by atoms with E-state index in [0.717, 1.165) is 52.2 Å². The molecule has 6 rings (SSSR count). The largest absolute Gasteiger partial charge is 4.00 e. The van der Waals surface area contributed by atoms with Gasteiger partial charge < -0.3 is 10.4 Å². The van der Waals surface area contributed by atoms with Crippen molar-refractivity contribution in [2.75, 3.05) is 13.1 Å². The van der Waals surface area contributed by atoms with Gasteiger partial charge in [0.25, 0.3) is 0 Å². The molecular formula is C46H49HfN2O+. The molecule has 0 radical (unpaired) electrons. The first-order valence-corrected chi connectivity index (χ1v) is 16.8. The van der Waals surface area contributed by atoms with E-state index in [1.807, 2.05) is 97.1 Å². The van der Waals surface area contributed by atoms with Crippen LogP contribution in [-0.4, -0.2) is 23.1 Å². The van der Waals surface area contributed by atoms with Crippen LogP contribution < -0.4 is 0 Å². The van der Waals surface area contributed by atoms with Crippen molar-refractivity contribution in [3.8, 4) is 16.9 Å². The maximum absolute atomic E-state index is 11.2. The third-order valence-corrected chi connectivity index (χ3v) is 8.07. The summed E-state index contributed by atoms with van der Waals surface area (Å²) >= 11 is 0. The van der Waals surface area contributed by atoms with Gasteiger partial charge >= 0.3 is 25.8 Å². The Kier molecular flexibility index (Phi) is 16.7. The number of hydrogen-bond acceptors (Lipinski definition) is 2. The molecule has 0 heterocycles. The molecule has 0 saturated carbocycles. The summed E-state index contributed by atoms with van der Waals surface area (Å²) in [6.07, 6.45) is 0. The Morgan fingerprint density at radius 2 is 1.04 bits per heavy atom. The number of rotatable bonds is 9. The number of phenolic OH excluding ortho intramolecular Hbond substituents is 1. The number of benzene rings is 6. The summed E-state index contributed by atoms with van der Waals surface area (Å²) < 4.78 is 0. The molecule has 0 unspecified atom stereocenters. The summed E-state index contributed by atoms with van der Waals surface area (Å²) in [5, 5.41) is 16.2. The third-order valence-electron chi connectivity index (χ3n) is 8.07. The van der Waals surface area contributed by atoms with Crippen molar-refractivity contribution < 1.29 is 30.9 Å². The molecule has 252 valence electrons. The predicted octanol–water partition coefficient (Wildman–Crippen LogP) is 11.7. The molecule has 0 aliphatic carbocycles. The summed E-state index contributed by atoms with van der Waals surface area (Å²) in [5.41, 5.74) is 12.2. The maximum Gasteiger partial charge on any atom is 4.00 e. The number of aromatic hydroxyl groups is 1. The van der Waals surface area contributed by atoms with Gasteiger partial charge in [-0.05, 0) is 57.0 Å². The summed E-state index contributed by atoms with van der Waals surface area (Å²) in [5.74, 6) is 0.363. The predicted molar refractivity (Wildman–Crippen MR) is 209 cm³/mol. The van der Waals surface area contributed by atoms with Crippen molar-refractivity contribution in [2.45, 2.75) is 40.8 Å². The topological polar surface area (TPSA) is 37.6 Å². The van der Waals surface area contributed by atoms with Crippen molar-refractivity contribution in [3.05, 3.63) is 209 Å². The summed E-state index contributed by atoms with van der Waals surface area (Å²) in [4.78, 5) is 2.38. The van der Waals surface area contributed by atoms with E-state index in [2.05, 4.69) is 95.0 Å². The molecule has 0 atom stereocenters. The van der Waals surface area contributed by atoms with E-state index < -0.39 is 0 Å². The molecule has 6 aromatic carbocycles. The van der Waals surface area contributed by atoms with Crippen molar-refractivity contribution in [1.82, 2.24) is 4.90 Å². The summed E-state index contributed by atoms with van der Waals surface area (Å²) in [7, 11) is 0. The smallest absolute Gasteiger partial charge is 0.683 e. The fourth-order valence-corrected chi connectivity index (χ4v) is 5.79. The van der Waals surface area contributed by atoms with Crippen molar-refractivity contribution >= 4 is 5.69 Å². The van der Waals surface area contributed by atoms with Gasteiger partial charge in [0, 0.05) is 24.2 Å². The zero-order valence-corrected chi connectivity index (χ0v) is 33.5. The molecular weight excluding hydrogens is 775 g/mol. The van der Waals surface area contributed by atoms with E-state index in [4.69, 9.17) is 5.32 Å². The summed E-state index contributed by atoms with van der Waals surface area (Å²) in [6.45, 7) is 18.9. The van der Waals surface area contributed by atoms with Gasteiger partial charge in [-0.25, -0.2) is 0 Å². The third kappa shape index (κ3) is 13.1. The first-order valence-electron chi connectivity index (χ1n) is 16.8. The van der Waals surface area contributed by atoms with Gasteiger partial charge in [0.1, 0.15) is 5.75 Å². The van der Waals surface area contributed by atoms with Crippen LogP contribution in [0.3, 0.4) is 0 Å². The number of phenols is 1. The van der Waals surface area contributed by atoms with Gasteiger partial charge in [0.2, 0.25) is 0 Å². The zero-order valence-electron chi connectivity index (χ0n) is 29.9. The van der Waals surface area contributed by atoms with Crippen LogP contribution in [-0.2, 0) is 38.9 Å². The fourth-order valence-electron chi connectivity index (χ4n) is 5.79. The van der Waals surface area contributed by atoms with E-state index >= 15 is 0 Å². The Hall–Kier alpha value is -4.51. The second-order valence-corrected chi connectivity index (χ2v) is 12.5. The molecule has 0 fully saturated rings. The van der Waals surface area contributed by atoms with Gasteiger partial charge in [0.05, 0.1) is 0 Å². The summed E-state index contributed by atoms with van der Waals surface area (Å²) in [6, 6.07) is 48.9. The number of aryl methyl sites for hydroxylation is 4. The van der Waals surface area contributed by atoms with Crippen molar-refractivity contribution in [1.29, 1.82) is 0 Å². The van der Waals surface area contributed by atoms with E-state index in [1.54, 1.807) is 0 Å². The normalized spacial score (nSPS) is 10.2. The molecule has 1 N–H and O–H groups in total. The molecule has 4 heteroatoms. The minimum atomic E-state index is 0. The molecule has 3 nitrogen and oxygen atoms in total. The van der Waals surface area contributed by atoms with Gasteiger partial charge in [-0.3, -0.25) is 4.90 Å². The van der Waals surface area contributed by atoms with Crippen LogP contribution >= 0.6 is 0 Å². The van der Waals surface area contributed by atoms with Crippen LogP contribution in [0.1, 0.15) is 44.5 Å². The molecule has 0 bridgehead atoms. The molecule has 0 amide bonds. The van der Waals surface area contributed by atoms with E-state index in [1.165, 1.54) is 22.3 Å². The van der Waals surface area contributed by atoms with Crippen molar-refractivity contribution in [2.24, 2.45) is 0 Å². The van der Waals surface area contributed by atoms with Gasteiger partial charge in [0.15, 0.2) is 0 Å². The molecule has 0 aliphatic rings. The zero-order chi connectivity index (χ0) is 35.0. The number of nitrogens with zero attached hydrogens (tertiary/aromatic N) is 2. The fraction of sp³-hybridized carbons (Fsp3) is 0.174. The first kappa shape index (κ1) is 39.9. The van der Waals surface area contributed by atoms with Gasteiger partial charge in [-0.2, -0.15) is 49.2 Å². The molecule has 6 aromatic rings. The van der Waals surface area contributed by atoms with Crippen LogP contribution in [0.5, 0.6) is 5.75 Å².